The average molecular weight is 187 g/mol. The first-order chi connectivity index (χ1) is 6.75. The highest BCUT2D eigenvalue weighted by Crippen LogP contribution is 2.13. The summed E-state index contributed by atoms with van der Waals surface area (Å²) in [7, 11) is 0. The molecule has 1 aromatic carbocycles. The van der Waals surface area contributed by atoms with Crippen LogP contribution in [0.2, 0.25) is 0 Å². The zero-order valence-corrected chi connectivity index (χ0v) is 8.14. The van der Waals surface area contributed by atoms with Crippen LogP contribution in [-0.2, 0) is 6.42 Å². The van der Waals surface area contributed by atoms with Gasteiger partial charge in [0.15, 0.2) is 0 Å². The number of benzene rings is 1. The maximum atomic E-state index is 9.25. The quantitative estimate of drug-likeness (QED) is 0.781. The number of nitrogens with zero attached hydrogens (tertiary/aromatic N) is 1. The number of fused-ring (bicyclic) bond motifs is 1. The molecule has 1 N–H and O–H groups in total. The zero-order valence-electron chi connectivity index (χ0n) is 8.14. The third-order valence-corrected chi connectivity index (χ3v) is 2.18. The predicted octanol–water partition coefficient (Wildman–Crippen LogP) is 2.16. The molecular weight excluding hydrogens is 174 g/mol. The fraction of sp³-hybridized carbons (Fsp3) is 0.250. The third kappa shape index (κ3) is 1.91. The Morgan fingerprint density at radius 2 is 2.14 bits per heavy atom. The molecule has 0 aliphatic carbocycles. The first-order valence-corrected chi connectivity index (χ1v) is 4.77. The lowest BCUT2D eigenvalue weighted by atomic mass is 10.1. The molecule has 1 aromatic heterocycles. The second kappa shape index (κ2) is 3.76. The number of aliphatic hydroxyl groups excluding tert-OH is 1. The summed E-state index contributed by atoms with van der Waals surface area (Å²) in [6.45, 7) is 1.79. The molecule has 1 heterocycles. The lowest BCUT2D eigenvalue weighted by Gasteiger charge is -2.04. The van der Waals surface area contributed by atoms with Crippen LogP contribution in [0.5, 0.6) is 0 Å². The molecule has 0 fully saturated rings. The summed E-state index contributed by atoms with van der Waals surface area (Å²) in [4.78, 5) is 4.32. The summed E-state index contributed by atoms with van der Waals surface area (Å²) in [6.07, 6.45) is 2.19. The minimum atomic E-state index is -0.307. The molecule has 0 amide bonds. The number of hydrogen-bond acceptors (Lipinski definition) is 2. The molecule has 0 saturated heterocycles. The summed E-state index contributed by atoms with van der Waals surface area (Å²) >= 11 is 0. The largest absolute Gasteiger partial charge is 0.393 e. The van der Waals surface area contributed by atoms with E-state index in [1.807, 2.05) is 30.5 Å². The van der Waals surface area contributed by atoms with Crippen LogP contribution in [0.4, 0.5) is 0 Å². The van der Waals surface area contributed by atoms with E-state index in [4.69, 9.17) is 0 Å². The molecular formula is C12H13NO. The molecule has 72 valence electrons. The van der Waals surface area contributed by atoms with Gasteiger partial charge in [-0.2, -0.15) is 0 Å². The molecule has 14 heavy (non-hydrogen) atoms. The SMILES string of the molecule is C[C@@H](O)Cc1cnc2ccccc2c1. The van der Waals surface area contributed by atoms with Gasteiger partial charge in [-0.3, -0.25) is 4.98 Å². The highest BCUT2D eigenvalue weighted by molar-refractivity contribution is 5.78. The first kappa shape index (κ1) is 9.16. The van der Waals surface area contributed by atoms with Crippen LogP contribution in [0, 0.1) is 0 Å². The Labute approximate surface area is 83.2 Å². The smallest absolute Gasteiger partial charge is 0.0702 e. The van der Waals surface area contributed by atoms with Crippen molar-refractivity contribution >= 4 is 10.9 Å². The number of aliphatic hydroxyl groups is 1. The van der Waals surface area contributed by atoms with Crippen molar-refractivity contribution in [3.05, 3.63) is 42.1 Å². The molecule has 2 nitrogen and oxygen atoms in total. The Morgan fingerprint density at radius 1 is 1.36 bits per heavy atom. The van der Waals surface area contributed by atoms with Gasteiger partial charge in [0.05, 0.1) is 11.6 Å². The van der Waals surface area contributed by atoms with Gasteiger partial charge in [0, 0.05) is 11.6 Å². The van der Waals surface area contributed by atoms with Crippen LogP contribution in [0.25, 0.3) is 10.9 Å². The van der Waals surface area contributed by atoms with E-state index >= 15 is 0 Å². The second-order valence-electron chi connectivity index (χ2n) is 3.59. The molecule has 2 aromatic rings. The average Bonchev–Trinajstić information content (AvgIpc) is 2.17. The molecule has 0 saturated carbocycles. The highest BCUT2D eigenvalue weighted by Gasteiger charge is 2.00. The lowest BCUT2D eigenvalue weighted by molar-refractivity contribution is 0.195. The Bertz CT molecular complexity index is 437. The normalized spacial score (nSPS) is 13.0. The van der Waals surface area contributed by atoms with Crippen molar-refractivity contribution in [1.29, 1.82) is 0 Å². The van der Waals surface area contributed by atoms with E-state index in [9.17, 15) is 5.11 Å². The van der Waals surface area contributed by atoms with E-state index in [-0.39, 0.29) is 6.10 Å². The molecule has 0 aliphatic rings. The van der Waals surface area contributed by atoms with Crippen molar-refractivity contribution in [3.8, 4) is 0 Å². The summed E-state index contributed by atoms with van der Waals surface area (Å²) in [5.41, 5.74) is 2.08. The summed E-state index contributed by atoms with van der Waals surface area (Å²) < 4.78 is 0. The predicted molar refractivity (Wildman–Crippen MR) is 57.1 cm³/mol. The minimum Gasteiger partial charge on any atom is -0.393 e. The van der Waals surface area contributed by atoms with Crippen molar-refractivity contribution in [1.82, 2.24) is 4.98 Å². The topological polar surface area (TPSA) is 33.1 Å². The van der Waals surface area contributed by atoms with E-state index in [2.05, 4.69) is 11.1 Å². The van der Waals surface area contributed by atoms with Gasteiger partial charge < -0.3 is 5.11 Å². The van der Waals surface area contributed by atoms with Crippen molar-refractivity contribution in [2.75, 3.05) is 0 Å². The van der Waals surface area contributed by atoms with E-state index in [1.165, 1.54) is 0 Å². The van der Waals surface area contributed by atoms with Crippen molar-refractivity contribution < 1.29 is 5.11 Å². The van der Waals surface area contributed by atoms with Crippen LogP contribution in [0.3, 0.4) is 0 Å². The minimum absolute atomic E-state index is 0.307. The van der Waals surface area contributed by atoms with Crippen LogP contribution in [-0.4, -0.2) is 16.2 Å². The van der Waals surface area contributed by atoms with Gasteiger partial charge in [0.2, 0.25) is 0 Å². The lowest BCUT2D eigenvalue weighted by Crippen LogP contribution is -2.04. The monoisotopic (exact) mass is 187 g/mol. The van der Waals surface area contributed by atoms with Gasteiger partial charge in [0.25, 0.3) is 0 Å². The molecule has 0 radical (unpaired) electrons. The summed E-state index contributed by atoms with van der Waals surface area (Å²) in [5.74, 6) is 0. The Kier molecular flexibility index (Phi) is 2.46. The third-order valence-electron chi connectivity index (χ3n) is 2.18. The number of aromatic nitrogens is 1. The fourth-order valence-electron chi connectivity index (χ4n) is 1.57. The van der Waals surface area contributed by atoms with Crippen LogP contribution in [0.15, 0.2) is 36.5 Å². The van der Waals surface area contributed by atoms with Crippen molar-refractivity contribution in [2.45, 2.75) is 19.4 Å². The Balaban J connectivity index is 2.41. The molecule has 0 aliphatic heterocycles. The Hall–Kier alpha value is -1.41. The molecule has 0 spiro atoms. The van der Waals surface area contributed by atoms with E-state index < -0.39 is 0 Å². The summed E-state index contributed by atoms with van der Waals surface area (Å²) in [5, 5.41) is 10.4. The number of rotatable bonds is 2. The van der Waals surface area contributed by atoms with Gasteiger partial charge in [-0.25, -0.2) is 0 Å². The fourth-order valence-corrected chi connectivity index (χ4v) is 1.57. The standard InChI is InChI=1S/C12H13NO/c1-9(14)6-10-7-11-4-2-3-5-12(11)13-8-10/h2-5,7-9,14H,6H2,1H3/t9-/m1/s1. The van der Waals surface area contributed by atoms with Crippen molar-refractivity contribution in [3.63, 3.8) is 0 Å². The molecule has 0 unspecified atom stereocenters. The maximum Gasteiger partial charge on any atom is 0.0702 e. The molecule has 2 heteroatoms. The van der Waals surface area contributed by atoms with E-state index in [0.717, 1.165) is 16.5 Å². The zero-order chi connectivity index (χ0) is 9.97. The first-order valence-electron chi connectivity index (χ1n) is 4.77. The number of hydrogen-bond donors (Lipinski definition) is 1. The van der Waals surface area contributed by atoms with Crippen LogP contribution >= 0.6 is 0 Å². The maximum absolute atomic E-state index is 9.25. The van der Waals surface area contributed by atoms with E-state index in [0.29, 0.717) is 6.42 Å². The molecule has 1 atom stereocenters. The van der Waals surface area contributed by atoms with Crippen LogP contribution in [0.1, 0.15) is 12.5 Å². The van der Waals surface area contributed by atoms with Gasteiger partial charge in [-0.05, 0) is 31.0 Å². The molecule has 0 bridgehead atoms. The Morgan fingerprint density at radius 3 is 2.93 bits per heavy atom. The highest BCUT2D eigenvalue weighted by atomic mass is 16.3. The number of pyridine rings is 1. The van der Waals surface area contributed by atoms with Crippen molar-refractivity contribution in [2.24, 2.45) is 0 Å². The van der Waals surface area contributed by atoms with Gasteiger partial charge in [-0.1, -0.05) is 18.2 Å². The number of para-hydroxylation sites is 1. The van der Waals surface area contributed by atoms with Crippen LogP contribution < -0.4 is 0 Å². The van der Waals surface area contributed by atoms with Gasteiger partial charge in [0.1, 0.15) is 0 Å². The van der Waals surface area contributed by atoms with Gasteiger partial charge >= 0.3 is 0 Å². The van der Waals surface area contributed by atoms with E-state index in [1.54, 1.807) is 6.92 Å². The van der Waals surface area contributed by atoms with Gasteiger partial charge in [-0.15, -0.1) is 0 Å². The second-order valence-corrected chi connectivity index (χ2v) is 3.59. The summed E-state index contributed by atoms with van der Waals surface area (Å²) in [6, 6.07) is 10.1. The molecule has 2 rings (SSSR count).